The highest BCUT2D eigenvalue weighted by Crippen LogP contribution is 2.29. The van der Waals surface area contributed by atoms with Crippen molar-refractivity contribution in [2.45, 2.75) is 31.1 Å². The Balaban J connectivity index is 1.51. The third kappa shape index (κ3) is 4.39. The van der Waals surface area contributed by atoms with Crippen LogP contribution in [0.2, 0.25) is 0 Å². The van der Waals surface area contributed by atoms with Gasteiger partial charge in [0.1, 0.15) is 37.9 Å². The maximum absolute atomic E-state index is 11.7. The minimum atomic E-state index is -1.37. The molecule has 1 aromatic carbocycles. The molecule has 1 aliphatic rings. The summed E-state index contributed by atoms with van der Waals surface area (Å²) >= 11 is 0. The minimum absolute atomic E-state index is 0.0356. The first kappa shape index (κ1) is 18.8. The quantitative estimate of drug-likeness (QED) is 0.555. The van der Waals surface area contributed by atoms with Crippen molar-refractivity contribution >= 4 is 12.1 Å². The van der Waals surface area contributed by atoms with Crippen LogP contribution in [0.1, 0.15) is 22.4 Å². The van der Waals surface area contributed by atoms with Crippen molar-refractivity contribution in [1.29, 1.82) is 0 Å². The zero-order chi connectivity index (χ0) is 19.4. The number of amides is 1. The van der Waals surface area contributed by atoms with Crippen LogP contribution in [0, 0.1) is 0 Å². The van der Waals surface area contributed by atoms with Crippen molar-refractivity contribution in [1.82, 2.24) is 14.8 Å². The van der Waals surface area contributed by atoms with Gasteiger partial charge in [-0.25, -0.2) is 14.5 Å². The average Bonchev–Trinajstić information content (AvgIpc) is 3.26. The maximum atomic E-state index is 11.7. The van der Waals surface area contributed by atoms with Gasteiger partial charge in [0.15, 0.2) is 6.23 Å². The number of primary amides is 1. The van der Waals surface area contributed by atoms with Crippen LogP contribution < -0.4 is 5.73 Å². The summed E-state index contributed by atoms with van der Waals surface area (Å²) in [6.07, 6.45) is -4.66. The number of benzene rings is 1. The predicted octanol–water partition coefficient (Wildman–Crippen LogP) is -0.650. The maximum Gasteiger partial charge on any atom is 0.508 e. The van der Waals surface area contributed by atoms with Gasteiger partial charge in [-0.15, -0.1) is 5.10 Å². The second-order valence-corrected chi connectivity index (χ2v) is 5.79. The van der Waals surface area contributed by atoms with Crippen molar-refractivity contribution in [2.75, 3.05) is 6.61 Å². The molecule has 0 spiro atoms. The number of hydrogen-bond donors (Lipinski definition) is 3. The van der Waals surface area contributed by atoms with Crippen molar-refractivity contribution in [3.8, 4) is 0 Å². The van der Waals surface area contributed by atoms with Gasteiger partial charge in [0.25, 0.3) is 5.91 Å². The summed E-state index contributed by atoms with van der Waals surface area (Å²) < 4.78 is 16.4. The van der Waals surface area contributed by atoms with E-state index in [0.29, 0.717) is 0 Å². The topological polar surface area (TPSA) is 159 Å². The molecule has 0 aliphatic carbocycles. The van der Waals surface area contributed by atoms with Crippen LogP contribution in [0.25, 0.3) is 0 Å². The summed E-state index contributed by atoms with van der Waals surface area (Å²) in [7, 11) is 0. The standard InChI is InChI=1S/C16H18N4O7/c17-13(23)14-18-8-20(19-14)15-12(22)11(21)10(27-15)7-26-16(24)25-6-9-4-2-1-3-5-9/h1-5,8,10-12,15,21-22H,6-7H2,(H2,17,23)/t10?,11?,12-,15?/m1/s1. The van der Waals surface area contributed by atoms with Crippen molar-refractivity contribution < 1.29 is 34.0 Å². The van der Waals surface area contributed by atoms with Crippen molar-refractivity contribution in [3.05, 3.63) is 48.0 Å². The van der Waals surface area contributed by atoms with E-state index < -0.39 is 36.6 Å². The molecule has 1 aromatic heterocycles. The zero-order valence-corrected chi connectivity index (χ0v) is 14.0. The Hall–Kier alpha value is -3.02. The molecule has 1 saturated heterocycles. The van der Waals surface area contributed by atoms with Crippen LogP contribution in [-0.4, -0.2) is 62.0 Å². The Bertz CT molecular complexity index is 797. The number of aliphatic hydroxyl groups excluding tert-OH is 2. The fourth-order valence-corrected chi connectivity index (χ4v) is 2.50. The number of carbonyl (C=O) groups excluding carboxylic acids is 2. The lowest BCUT2D eigenvalue weighted by Crippen LogP contribution is -2.34. The molecule has 0 radical (unpaired) electrons. The van der Waals surface area contributed by atoms with Gasteiger partial charge in [-0.05, 0) is 5.56 Å². The van der Waals surface area contributed by atoms with Crippen LogP contribution in [0.4, 0.5) is 4.79 Å². The molecule has 4 N–H and O–H groups in total. The number of ether oxygens (including phenoxy) is 3. The van der Waals surface area contributed by atoms with E-state index in [9.17, 15) is 19.8 Å². The molecule has 2 aromatic rings. The highest BCUT2D eigenvalue weighted by molar-refractivity contribution is 5.88. The summed E-state index contributed by atoms with van der Waals surface area (Å²) in [5, 5.41) is 23.9. The first-order valence-corrected chi connectivity index (χ1v) is 8.01. The number of nitrogens with zero attached hydrogens (tertiary/aromatic N) is 3. The lowest BCUT2D eigenvalue weighted by Gasteiger charge is -2.14. The second kappa shape index (κ2) is 8.12. The van der Waals surface area contributed by atoms with Gasteiger partial charge >= 0.3 is 6.16 Å². The zero-order valence-electron chi connectivity index (χ0n) is 14.0. The van der Waals surface area contributed by atoms with Gasteiger partial charge in [0, 0.05) is 0 Å². The van der Waals surface area contributed by atoms with Gasteiger partial charge in [0.2, 0.25) is 5.82 Å². The van der Waals surface area contributed by atoms with E-state index in [4.69, 9.17) is 19.9 Å². The Morgan fingerprint density at radius 3 is 2.59 bits per heavy atom. The summed E-state index contributed by atoms with van der Waals surface area (Å²) in [5.74, 6) is -1.10. The molecular formula is C16H18N4O7. The molecule has 1 aliphatic heterocycles. The summed E-state index contributed by atoms with van der Waals surface area (Å²) in [5.41, 5.74) is 5.86. The molecule has 0 saturated carbocycles. The molecule has 0 bridgehead atoms. The van der Waals surface area contributed by atoms with Crippen molar-refractivity contribution in [3.63, 3.8) is 0 Å². The average molecular weight is 378 g/mol. The fraction of sp³-hybridized carbons (Fsp3) is 0.375. The molecule has 3 unspecified atom stereocenters. The molecule has 1 amide bonds. The second-order valence-electron chi connectivity index (χ2n) is 5.79. The predicted molar refractivity (Wildman–Crippen MR) is 87.0 cm³/mol. The number of carbonyl (C=O) groups is 2. The Kier molecular flexibility index (Phi) is 5.64. The first-order chi connectivity index (χ1) is 13.0. The van der Waals surface area contributed by atoms with E-state index in [-0.39, 0.29) is 19.0 Å². The molecule has 27 heavy (non-hydrogen) atoms. The number of nitrogens with two attached hydrogens (primary N) is 1. The van der Waals surface area contributed by atoms with E-state index in [0.717, 1.165) is 16.6 Å². The summed E-state index contributed by atoms with van der Waals surface area (Å²) in [6, 6.07) is 9.03. The Morgan fingerprint density at radius 2 is 1.93 bits per heavy atom. The molecule has 144 valence electrons. The van der Waals surface area contributed by atoms with Crippen LogP contribution in [0.3, 0.4) is 0 Å². The van der Waals surface area contributed by atoms with Gasteiger partial charge in [-0.1, -0.05) is 30.3 Å². The van der Waals surface area contributed by atoms with Crippen LogP contribution in [0.5, 0.6) is 0 Å². The molecular weight excluding hydrogens is 360 g/mol. The van der Waals surface area contributed by atoms with E-state index in [1.807, 2.05) is 18.2 Å². The van der Waals surface area contributed by atoms with Gasteiger partial charge in [-0.2, -0.15) is 0 Å². The number of aliphatic hydroxyl groups is 2. The lowest BCUT2D eigenvalue weighted by atomic mass is 10.1. The van der Waals surface area contributed by atoms with E-state index >= 15 is 0 Å². The van der Waals surface area contributed by atoms with E-state index in [1.165, 1.54) is 0 Å². The van der Waals surface area contributed by atoms with Gasteiger partial charge < -0.3 is 30.2 Å². The van der Waals surface area contributed by atoms with E-state index in [2.05, 4.69) is 10.1 Å². The van der Waals surface area contributed by atoms with Gasteiger partial charge in [0.05, 0.1) is 0 Å². The van der Waals surface area contributed by atoms with E-state index in [1.54, 1.807) is 12.1 Å². The fourth-order valence-electron chi connectivity index (χ4n) is 2.50. The SMILES string of the molecule is NC(=O)c1ncn(C2OC(COC(=O)OCc3ccccc3)C(O)[C@H]2O)n1. The minimum Gasteiger partial charge on any atom is -0.431 e. The largest absolute Gasteiger partial charge is 0.508 e. The molecule has 3 rings (SSSR count). The monoisotopic (exact) mass is 378 g/mol. The van der Waals surface area contributed by atoms with Crippen LogP contribution in [0.15, 0.2) is 36.7 Å². The Morgan fingerprint density at radius 1 is 1.19 bits per heavy atom. The number of hydrogen-bond acceptors (Lipinski definition) is 9. The smallest absolute Gasteiger partial charge is 0.431 e. The summed E-state index contributed by atoms with van der Waals surface area (Å²) in [6.45, 7) is -0.312. The molecule has 1 fully saturated rings. The number of rotatable bonds is 6. The Labute approximate surface area is 153 Å². The van der Waals surface area contributed by atoms with Crippen molar-refractivity contribution in [2.24, 2.45) is 5.73 Å². The molecule has 11 heteroatoms. The summed E-state index contributed by atoms with van der Waals surface area (Å²) in [4.78, 5) is 26.4. The molecule has 4 atom stereocenters. The first-order valence-electron chi connectivity index (χ1n) is 8.01. The third-order valence-corrected chi connectivity index (χ3v) is 3.89. The normalized spacial score (nSPS) is 24.5. The highest BCUT2D eigenvalue weighted by atomic mass is 16.7. The third-order valence-electron chi connectivity index (χ3n) is 3.89. The number of aromatic nitrogens is 3. The highest BCUT2D eigenvalue weighted by Gasteiger charge is 2.45. The van der Waals surface area contributed by atoms with Gasteiger partial charge in [-0.3, -0.25) is 4.79 Å². The molecule has 2 heterocycles. The molecule has 11 nitrogen and oxygen atoms in total. The lowest BCUT2D eigenvalue weighted by molar-refractivity contribution is -0.0678. The van der Waals surface area contributed by atoms with Crippen LogP contribution >= 0.6 is 0 Å². The van der Waals surface area contributed by atoms with Crippen LogP contribution in [-0.2, 0) is 20.8 Å².